The van der Waals surface area contributed by atoms with Crippen molar-refractivity contribution < 1.29 is 12.6 Å². The zero-order valence-corrected chi connectivity index (χ0v) is 16.9. The topological polar surface area (TPSA) is 56.3 Å². The summed E-state index contributed by atoms with van der Waals surface area (Å²) in [6.45, 7) is 5.86. The second-order valence-electron chi connectivity index (χ2n) is 5.05. The van der Waals surface area contributed by atoms with Crippen LogP contribution in [0.15, 0.2) is 57.8 Å². The van der Waals surface area contributed by atoms with Gasteiger partial charge in [0.1, 0.15) is 0 Å². The molecule has 3 rings (SSSR count). The van der Waals surface area contributed by atoms with E-state index in [1.54, 1.807) is 42.5 Å². The van der Waals surface area contributed by atoms with E-state index in [-0.39, 0.29) is 11.5 Å². The van der Waals surface area contributed by atoms with Gasteiger partial charge in [0.15, 0.2) is 4.34 Å². The molecule has 0 radical (unpaired) electrons. The lowest BCUT2D eigenvalue weighted by atomic mass is 10.2. The maximum Gasteiger partial charge on any atom is 0.296 e. The van der Waals surface area contributed by atoms with Crippen molar-refractivity contribution in [2.24, 2.45) is 0 Å². The lowest BCUT2D eigenvalue weighted by molar-refractivity contribution is 0.338. The molecule has 0 bridgehead atoms. The Hall–Kier alpha value is -1.41. The first kappa shape index (κ1) is 19.9. The molecule has 0 amide bonds. The van der Waals surface area contributed by atoms with Gasteiger partial charge in [-0.2, -0.15) is 8.42 Å². The molecular weight excluding hydrogens is 374 g/mol. The first-order valence-corrected chi connectivity index (χ1v) is 11.1. The van der Waals surface area contributed by atoms with Crippen molar-refractivity contribution in [3.8, 4) is 0 Å². The van der Waals surface area contributed by atoms with Crippen LogP contribution in [0.25, 0.3) is 10.2 Å². The molecule has 0 fully saturated rings. The zero-order chi connectivity index (χ0) is 18.3. The number of rotatable bonds is 5. The van der Waals surface area contributed by atoms with Gasteiger partial charge in [0.05, 0.1) is 21.7 Å². The molecule has 0 aliphatic heterocycles. The fraction of sp³-hybridized carbons (Fsp3) is 0.278. The fourth-order valence-corrected chi connectivity index (χ4v) is 4.85. The van der Waals surface area contributed by atoms with Crippen LogP contribution in [0.1, 0.15) is 19.4 Å². The maximum absolute atomic E-state index is 11.3. The van der Waals surface area contributed by atoms with Gasteiger partial charge in [0.25, 0.3) is 10.1 Å². The first-order chi connectivity index (χ1) is 12.0. The number of nitrogens with zero attached hydrogens (tertiary/aromatic N) is 1. The number of aryl methyl sites for hydroxylation is 1. The van der Waals surface area contributed by atoms with Gasteiger partial charge in [-0.3, -0.25) is 4.18 Å². The van der Waals surface area contributed by atoms with Gasteiger partial charge < -0.3 is 0 Å². The summed E-state index contributed by atoms with van der Waals surface area (Å²) in [4.78, 5) is 4.69. The van der Waals surface area contributed by atoms with E-state index in [1.165, 1.54) is 9.04 Å². The van der Waals surface area contributed by atoms with Crippen LogP contribution >= 0.6 is 23.1 Å². The quantitative estimate of drug-likeness (QED) is 0.443. The summed E-state index contributed by atoms with van der Waals surface area (Å²) in [6.07, 6.45) is 0. The van der Waals surface area contributed by atoms with E-state index in [0.29, 0.717) is 0 Å². The largest absolute Gasteiger partial charge is 0.296 e. The van der Waals surface area contributed by atoms with Crippen LogP contribution in [0.5, 0.6) is 0 Å². The molecule has 25 heavy (non-hydrogen) atoms. The molecule has 0 atom stereocenters. The first-order valence-electron chi connectivity index (χ1n) is 7.90. The summed E-state index contributed by atoms with van der Waals surface area (Å²) in [7, 11) is -3.53. The summed E-state index contributed by atoms with van der Waals surface area (Å²) >= 11 is 3.58. The highest BCUT2D eigenvalue weighted by molar-refractivity contribution is 8.01. The SMILES string of the molecule is CCOS(=O)(=O)c1ccc(C)cc1.CCSc1nc2ccccc2s1. The summed E-state index contributed by atoms with van der Waals surface area (Å²) in [5, 5.41) is 0. The van der Waals surface area contributed by atoms with Crippen molar-refractivity contribution >= 4 is 43.4 Å². The minimum Gasteiger partial charge on any atom is -0.267 e. The van der Waals surface area contributed by atoms with E-state index in [2.05, 4.69) is 34.3 Å². The van der Waals surface area contributed by atoms with Crippen LogP contribution in [0.3, 0.4) is 0 Å². The van der Waals surface area contributed by atoms with E-state index < -0.39 is 10.1 Å². The summed E-state index contributed by atoms with van der Waals surface area (Å²) < 4.78 is 29.7. The van der Waals surface area contributed by atoms with Gasteiger partial charge in [-0.25, -0.2) is 4.98 Å². The normalized spacial score (nSPS) is 11.2. The third kappa shape index (κ3) is 5.81. The van der Waals surface area contributed by atoms with Gasteiger partial charge in [-0.05, 0) is 43.9 Å². The molecule has 134 valence electrons. The van der Waals surface area contributed by atoms with Crippen molar-refractivity contribution in [3.05, 3.63) is 54.1 Å². The van der Waals surface area contributed by atoms with E-state index in [1.807, 2.05) is 24.8 Å². The molecule has 0 spiro atoms. The lowest BCUT2D eigenvalue weighted by Gasteiger charge is -2.02. The van der Waals surface area contributed by atoms with Crippen molar-refractivity contribution in [2.75, 3.05) is 12.4 Å². The van der Waals surface area contributed by atoms with Crippen LogP contribution in [0.4, 0.5) is 0 Å². The Balaban J connectivity index is 0.000000181. The number of benzene rings is 2. The van der Waals surface area contributed by atoms with Crippen LogP contribution in [-0.2, 0) is 14.3 Å². The number of aromatic nitrogens is 1. The zero-order valence-electron chi connectivity index (χ0n) is 14.4. The van der Waals surface area contributed by atoms with Gasteiger partial charge in [-0.15, -0.1) is 11.3 Å². The number of thioether (sulfide) groups is 1. The highest BCUT2D eigenvalue weighted by Crippen LogP contribution is 2.28. The van der Waals surface area contributed by atoms with Crippen LogP contribution in [-0.4, -0.2) is 25.8 Å². The third-order valence-corrected chi connectivity index (χ3v) is 6.58. The molecule has 1 heterocycles. The number of thiazole rings is 1. The Labute approximate surface area is 157 Å². The Kier molecular flexibility index (Phi) is 7.43. The van der Waals surface area contributed by atoms with Crippen LogP contribution in [0.2, 0.25) is 0 Å². The second-order valence-corrected chi connectivity index (χ2v) is 9.21. The van der Waals surface area contributed by atoms with Gasteiger partial charge in [0, 0.05) is 0 Å². The smallest absolute Gasteiger partial charge is 0.267 e. The molecule has 0 unspecified atom stereocenters. The molecule has 3 aromatic rings. The number of hydrogen-bond acceptors (Lipinski definition) is 6. The summed E-state index contributed by atoms with van der Waals surface area (Å²) in [5.41, 5.74) is 2.15. The van der Waals surface area contributed by atoms with Crippen molar-refractivity contribution in [2.45, 2.75) is 30.0 Å². The summed E-state index contributed by atoms with van der Waals surface area (Å²) in [6, 6.07) is 14.8. The molecule has 2 aromatic carbocycles. The molecule has 4 nitrogen and oxygen atoms in total. The molecule has 0 aliphatic carbocycles. The molecule has 0 aliphatic rings. The highest BCUT2D eigenvalue weighted by Gasteiger charge is 2.12. The van der Waals surface area contributed by atoms with Gasteiger partial charge in [0.2, 0.25) is 0 Å². The van der Waals surface area contributed by atoms with E-state index in [9.17, 15) is 8.42 Å². The number of hydrogen-bond donors (Lipinski definition) is 0. The predicted molar refractivity (Wildman–Crippen MR) is 106 cm³/mol. The Morgan fingerprint density at radius 3 is 2.36 bits per heavy atom. The van der Waals surface area contributed by atoms with Crippen LogP contribution < -0.4 is 0 Å². The maximum atomic E-state index is 11.3. The monoisotopic (exact) mass is 395 g/mol. The van der Waals surface area contributed by atoms with E-state index >= 15 is 0 Å². The Morgan fingerprint density at radius 2 is 1.76 bits per heavy atom. The Morgan fingerprint density at radius 1 is 1.08 bits per heavy atom. The van der Waals surface area contributed by atoms with Crippen LogP contribution in [0, 0.1) is 6.92 Å². The average Bonchev–Trinajstić information content (AvgIpc) is 2.98. The van der Waals surface area contributed by atoms with Crippen molar-refractivity contribution in [1.82, 2.24) is 4.98 Å². The minimum absolute atomic E-state index is 0.163. The third-order valence-electron chi connectivity index (χ3n) is 3.12. The molecular formula is C18H21NO3S3. The van der Waals surface area contributed by atoms with Crippen molar-refractivity contribution in [3.63, 3.8) is 0 Å². The average molecular weight is 396 g/mol. The number of fused-ring (bicyclic) bond motifs is 1. The highest BCUT2D eigenvalue weighted by atomic mass is 32.2. The number of para-hydroxylation sites is 1. The molecule has 0 N–H and O–H groups in total. The Bertz CT molecular complexity index is 870. The minimum atomic E-state index is -3.53. The lowest BCUT2D eigenvalue weighted by Crippen LogP contribution is -2.05. The van der Waals surface area contributed by atoms with E-state index in [4.69, 9.17) is 0 Å². The predicted octanol–water partition coefficient (Wildman–Crippen LogP) is 5.13. The van der Waals surface area contributed by atoms with Crippen molar-refractivity contribution in [1.29, 1.82) is 0 Å². The standard InChI is InChI=1S/C9H9NS2.C9H12O3S/c1-2-11-9-10-7-5-3-4-6-8(7)12-9;1-3-12-13(10,11)9-6-4-8(2)5-7-9/h3-6H,2H2,1H3;4-7H,3H2,1-2H3. The molecule has 1 aromatic heterocycles. The molecule has 0 saturated heterocycles. The fourth-order valence-electron chi connectivity index (χ4n) is 1.96. The van der Waals surface area contributed by atoms with Gasteiger partial charge in [-0.1, -0.05) is 48.5 Å². The molecule has 7 heteroatoms. The molecule has 0 saturated carbocycles. The second kappa shape index (κ2) is 9.33. The van der Waals surface area contributed by atoms with E-state index in [0.717, 1.165) is 16.8 Å². The summed E-state index contributed by atoms with van der Waals surface area (Å²) in [5.74, 6) is 1.10. The van der Waals surface area contributed by atoms with Gasteiger partial charge >= 0.3 is 0 Å².